The summed E-state index contributed by atoms with van der Waals surface area (Å²) in [5.74, 6) is -0.0948. The summed E-state index contributed by atoms with van der Waals surface area (Å²) in [5.41, 5.74) is 2.81. The lowest BCUT2D eigenvalue weighted by Crippen LogP contribution is -2.12. The van der Waals surface area contributed by atoms with E-state index in [1.165, 1.54) is 11.3 Å². The van der Waals surface area contributed by atoms with Crippen molar-refractivity contribution in [1.29, 1.82) is 0 Å². The smallest absolute Gasteiger partial charge is 0.258 e. The van der Waals surface area contributed by atoms with Gasteiger partial charge in [-0.3, -0.25) is 10.1 Å². The van der Waals surface area contributed by atoms with Gasteiger partial charge >= 0.3 is 0 Å². The average Bonchev–Trinajstić information content (AvgIpc) is 3.11. The van der Waals surface area contributed by atoms with Crippen molar-refractivity contribution in [3.63, 3.8) is 0 Å². The molecule has 5 heteroatoms. The van der Waals surface area contributed by atoms with Gasteiger partial charge in [-0.05, 0) is 37.5 Å². The monoisotopic (exact) mass is 283 g/mol. The highest BCUT2D eigenvalue weighted by atomic mass is 32.1. The number of benzene rings is 1. The van der Waals surface area contributed by atoms with Gasteiger partial charge in [0.25, 0.3) is 5.91 Å². The third-order valence-electron chi connectivity index (χ3n) is 3.66. The number of H-pyrrole nitrogens is 1. The molecular weight excluding hydrogens is 270 g/mol. The lowest BCUT2D eigenvalue weighted by molar-refractivity contribution is 0.102. The molecule has 20 heavy (non-hydrogen) atoms. The average molecular weight is 283 g/mol. The second kappa shape index (κ2) is 4.45. The van der Waals surface area contributed by atoms with Crippen LogP contribution in [-0.4, -0.2) is 15.9 Å². The molecule has 0 bridgehead atoms. The fraction of sp³-hybridized carbons (Fsp3) is 0.200. The van der Waals surface area contributed by atoms with E-state index in [1.54, 1.807) is 11.3 Å². The number of thiazole rings is 1. The molecule has 2 aromatic heterocycles. The van der Waals surface area contributed by atoms with Gasteiger partial charge < -0.3 is 4.98 Å². The fourth-order valence-corrected chi connectivity index (χ4v) is 3.74. The number of aromatic amines is 1. The summed E-state index contributed by atoms with van der Waals surface area (Å²) in [5, 5.41) is 4.58. The fourth-order valence-electron chi connectivity index (χ4n) is 2.69. The molecule has 3 aromatic rings. The molecule has 2 N–H and O–H groups in total. The Kier molecular flexibility index (Phi) is 2.60. The Balaban J connectivity index is 1.65. The highest BCUT2D eigenvalue weighted by Crippen LogP contribution is 2.30. The lowest BCUT2D eigenvalue weighted by Gasteiger charge is -2.03. The van der Waals surface area contributed by atoms with E-state index in [2.05, 4.69) is 15.3 Å². The van der Waals surface area contributed by atoms with Crippen LogP contribution in [0.25, 0.3) is 10.9 Å². The summed E-state index contributed by atoms with van der Waals surface area (Å²) in [6.45, 7) is 0. The molecule has 0 atom stereocenters. The molecule has 4 rings (SSSR count). The van der Waals surface area contributed by atoms with Gasteiger partial charge in [-0.1, -0.05) is 6.07 Å². The summed E-state index contributed by atoms with van der Waals surface area (Å²) < 4.78 is 0. The first-order valence-electron chi connectivity index (χ1n) is 6.67. The SMILES string of the molecule is O=C(Nc1nc2c(s1)CCC2)c1cccc2[nH]ccc12. The third-order valence-corrected chi connectivity index (χ3v) is 4.73. The van der Waals surface area contributed by atoms with Crippen LogP contribution in [0.4, 0.5) is 5.13 Å². The van der Waals surface area contributed by atoms with Crippen LogP contribution in [0.3, 0.4) is 0 Å². The van der Waals surface area contributed by atoms with Crippen molar-refractivity contribution >= 4 is 33.3 Å². The van der Waals surface area contributed by atoms with Crippen LogP contribution >= 0.6 is 11.3 Å². The largest absolute Gasteiger partial charge is 0.361 e. The molecule has 100 valence electrons. The minimum atomic E-state index is -0.0948. The van der Waals surface area contributed by atoms with Gasteiger partial charge in [-0.25, -0.2) is 4.98 Å². The molecule has 2 heterocycles. The van der Waals surface area contributed by atoms with Crippen LogP contribution in [-0.2, 0) is 12.8 Å². The minimum Gasteiger partial charge on any atom is -0.361 e. The number of hydrogen-bond donors (Lipinski definition) is 2. The minimum absolute atomic E-state index is 0.0948. The third kappa shape index (κ3) is 1.82. The Morgan fingerprint density at radius 1 is 1.30 bits per heavy atom. The van der Waals surface area contributed by atoms with Crippen molar-refractivity contribution < 1.29 is 4.79 Å². The summed E-state index contributed by atoms with van der Waals surface area (Å²) in [7, 11) is 0. The summed E-state index contributed by atoms with van der Waals surface area (Å²) in [4.78, 5) is 21.3. The topological polar surface area (TPSA) is 57.8 Å². The van der Waals surface area contributed by atoms with Crippen LogP contribution in [0, 0.1) is 0 Å². The van der Waals surface area contributed by atoms with E-state index >= 15 is 0 Å². The maximum absolute atomic E-state index is 12.4. The first-order chi connectivity index (χ1) is 9.81. The van der Waals surface area contributed by atoms with E-state index in [1.807, 2.05) is 30.5 Å². The Bertz CT molecular complexity index is 781. The Hall–Kier alpha value is -2.14. The number of carbonyl (C=O) groups excluding carboxylic acids is 1. The molecule has 0 spiro atoms. The van der Waals surface area contributed by atoms with Crippen molar-refractivity contribution in [3.05, 3.63) is 46.6 Å². The number of fused-ring (bicyclic) bond motifs is 2. The van der Waals surface area contributed by atoms with E-state index in [4.69, 9.17) is 0 Å². The van der Waals surface area contributed by atoms with Crippen molar-refractivity contribution in [1.82, 2.24) is 9.97 Å². The zero-order valence-electron chi connectivity index (χ0n) is 10.8. The van der Waals surface area contributed by atoms with Gasteiger partial charge in [0.2, 0.25) is 0 Å². The van der Waals surface area contributed by atoms with Gasteiger partial charge in [0.15, 0.2) is 5.13 Å². The van der Waals surface area contributed by atoms with Gasteiger partial charge in [0.1, 0.15) is 0 Å². The molecule has 0 saturated carbocycles. The number of rotatable bonds is 2. The Labute approximate surface area is 119 Å². The molecule has 1 aliphatic rings. The number of aryl methyl sites for hydroxylation is 2. The Morgan fingerprint density at radius 2 is 2.25 bits per heavy atom. The van der Waals surface area contributed by atoms with E-state index in [9.17, 15) is 4.79 Å². The zero-order valence-corrected chi connectivity index (χ0v) is 11.6. The number of carbonyl (C=O) groups is 1. The molecule has 1 aliphatic carbocycles. The van der Waals surface area contributed by atoms with E-state index in [0.717, 1.165) is 29.4 Å². The summed E-state index contributed by atoms with van der Waals surface area (Å²) >= 11 is 1.60. The summed E-state index contributed by atoms with van der Waals surface area (Å²) in [6, 6.07) is 7.61. The van der Waals surface area contributed by atoms with E-state index < -0.39 is 0 Å². The highest BCUT2D eigenvalue weighted by Gasteiger charge is 2.18. The highest BCUT2D eigenvalue weighted by molar-refractivity contribution is 7.16. The number of aromatic nitrogens is 2. The molecular formula is C15H13N3OS. The number of nitrogens with one attached hydrogen (secondary N) is 2. The molecule has 0 aliphatic heterocycles. The van der Waals surface area contributed by atoms with Crippen molar-refractivity contribution in [2.75, 3.05) is 5.32 Å². The molecule has 0 saturated heterocycles. The maximum atomic E-state index is 12.4. The Morgan fingerprint density at radius 3 is 3.15 bits per heavy atom. The number of nitrogens with zero attached hydrogens (tertiary/aromatic N) is 1. The number of anilines is 1. The van der Waals surface area contributed by atoms with Crippen LogP contribution in [0.5, 0.6) is 0 Å². The van der Waals surface area contributed by atoms with Crippen LogP contribution in [0.15, 0.2) is 30.5 Å². The van der Waals surface area contributed by atoms with E-state index in [-0.39, 0.29) is 5.91 Å². The van der Waals surface area contributed by atoms with Crippen LogP contribution in [0.1, 0.15) is 27.3 Å². The van der Waals surface area contributed by atoms with Crippen LogP contribution < -0.4 is 5.32 Å². The first-order valence-corrected chi connectivity index (χ1v) is 7.49. The summed E-state index contributed by atoms with van der Waals surface area (Å²) in [6.07, 6.45) is 5.16. The lowest BCUT2D eigenvalue weighted by atomic mass is 10.1. The second-order valence-corrected chi connectivity index (χ2v) is 6.02. The predicted octanol–water partition coefficient (Wildman–Crippen LogP) is 3.37. The standard InChI is InChI=1S/C15H13N3OS/c19-14(10-3-1-4-11-9(10)7-8-16-11)18-15-17-12-5-2-6-13(12)20-15/h1,3-4,7-8,16H,2,5-6H2,(H,17,18,19). The zero-order chi connectivity index (χ0) is 13.5. The predicted molar refractivity (Wildman–Crippen MR) is 80.4 cm³/mol. The van der Waals surface area contributed by atoms with Gasteiger partial charge in [0.05, 0.1) is 5.69 Å². The van der Waals surface area contributed by atoms with E-state index in [0.29, 0.717) is 10.7 Å². The van der Waals surface area contributed by atoms with Crippen molar-refractivity contribution in [2.24, 2.45) is 0 Å². The molecule has 1 aromatic carbocycles. The maximum Gasteiger partial charge on any atom is 0.258 e. The molecule has 0 radical (unpaired) electrons. The van der Waals surface area contributed by atoms with Crippen molar-refractivity contribution in [2.45, 2.75) is 19.3 Å². The van der Waals surface area contributed by atoms with Gasteiger partial charge in [-0.15, -0.1) is 11.3 Å². The molecule has 0 fully saturated rings. The molecule has 1 amide bonds. The van der Waals surface area contributed by atoms with Crippen molar-refractivity contribution in [3.8, 4) is 0 Å². The second-order valence-electron chi connectivity index (χ2n) is 4.94. The molecule has 4 nitrogen and oxygen atoms in total. The molecule has 0 unspecified atom stereocenters. The normalized spacial score (nSPS) is 13.6. The van der Waals surface area contributed by atoms with Crippen LogP contribution in [0.2, 0.25) is 0 Å². The first kappa shape index (κ1) is 11.7. The van der Waals surface area contributed by atoms with Gasteiger partial charge in [-0.2, -0.15) is 0 Å². The quantitative estimate of drug-likeness (QED) is 0.757. The van der Waals surface area contributed by atoms with Gasteiger partial charge in [0, 0.05) is 27.5 Å². The number of hydrogen-bond acceptors (Lipinski definition) is 3. The number of amides is 1.